The molecule has 170 valence electrons. The minimum Gasteiger partial charge on any atom is -0.459 e. The van der Waals surface area contributed by atoms with E-state index in [1.807, 2.05) is 0 Å². The predicted molar refractivity (Wildman–Crippen MR) is 102 cm³/mol. The van der Waals surface area contributed by atoms with Crippen molar-refractivity contribution < 1.29 is 43.9 Å². The Hall–Kier alpha value is -1.81. The minimum absolute atomic E-state index is 0.0536. The Morgan fingerprint density at radius 3 is 2.61 bits per heavy atom. The van der Waals surface area contributed by atoms with Crippen LogP contribution in [-0.4, -0.2) is 69.9 Å². The molecule has 0 unspecified atom stereocenters. The van der Waals surface area contributed by atoms with Crippen molar-refractivity contribution in [2.45, 2.75) is 64.3 Å². The molecule has 0 aromatic carbocycles. The molecule has 4 fully saturated rings. The van der Waals surface area contributed by atoms with Gasteiger partial charge in [0.15, 0.2) is 11.6 Å². The fraction of sp³-hybridized carbons (Fsp3) is 0.773. The molecule has 1 spiro atoms. The van der Waals surface area contributed by atoms with Gasteiger partial charge < -0.3 is 29.5 Å². The second-order valence-corrected chi connectivity index (χ2v) is 10.2. The third-order valence-electron chi connectivity index (χ3n) is 8.92. The first-order valence-corrected chi connectivity index (χ1v) is 10.7. The maximum absolute atomic E-state index is 12.9. The highest BCUT2D eigenvalue weighted by molar-refractivity contribution is 5.96. The topological polar surface area (TPSA) is 140 Å². The van der Waals surface area contributed by atoms with Crippen LogP contribution in [0.4, 0.5) is 0 Å². The van der Waals surface area contributed by atoms with Gasteiger partial charge in [-0.1, -0.05) is 19.4 Å². The lowest BCUT2D eigenvalue weighted by Crippen LogP contribution is -2.78. The van der Waals surface area contributed by atoms with Crippen molar-refractivity contribution in [2.24, 2.45) is 34.5 Å². The van der Waals surface area contributed by atoms with Gasteiger partial charge in [0.2, 0.25) is 6.10 Å². The van der Waals surface area contributed by atoms with Crippen LogP contribution in [-0.2, 0) is 28.6 Å². The zero-order chi connectivity index (χ0) is 22.7. The summed E-state index contributed by atoms with van der Waals surface area (Å²) in [5.74, 6) is -6.57. The van der Waals surface area contributed by atoms with Crippen molar-refractivity contribution in [3.05, 3.63) is 11.6 Å². The first-order valence-electron chi connectivity index (χ1n) is 10.7. The monoisotopic (exact) mass is 436 g/mol. The molecule has 3 aliphatic carbocycles. The highest BCUT2D eigenvalue weighted by Gasteiger charge is 2.83. The van der Waals surface area contributed by atoms with E-state index in [9.17, 15) is 29.7 Å². The summed E-state index contributed by atoms with van der Waals surface area (Å²) in [7, 11) is 0. The number of hydrogen-bond acceptors (Lipinski definition) is 9. The van der Waals surface area contributed by atoms with Gasteiger partial charge in [0.05, 0.1) is 6.61 Å². The van der Waals surface area contributed by atoms with Crippen molar-refractivity contribution in [1.82, 2.24) is 0 Å². The van der Waals surface area contributed by atoms with Gasteiger partial charge in [-0.3, -0.25) is 9.59 Å². The predicted octanol–water partition coefficient (Wildman–Crippen LogP) is -0.292. The quantitative estimate of drug-likeness (QED) is 0.473. The van der Waals surface area contributed by atoms with E-state index in [1.54, 1.807) is 20.8 Å². The smallest absolute Gasteiger partial charge is 0.348 e. The van der Waals surface area contributed by atoms with Crippen LogP contribution in [0.2, 0.25) is 0 Å². The lowest BCUT2D eigenvalue weighted by molar-refractivity contribution is -0.339. The standard InChI is InChI=1S/C22H28O9/c1-8-5-12(24)17(26)20(4)11(8)6-13-21-7-29-22(28,19(20)21)16(25)9(2)14(21)15(18(27)31-13)30-10(3)23/h5,9,11,13-17,19,25-26,28H,6-7H2,1-4H3/t9-,11+,13-,14-,15-,16-,17-,19-,20-,21+,22+/m1/s1. The first-order chi connectivity index (χ1) is 14.4. The molecule has 5 rings (SSSR count). The summed E-state index contributed by atoms with van der Waals surface area (Å²) in [6.45, 7) is 6.33. The van der Waals surface area contributed by atoms with E-state index in [4.69, 9.17) is 14.2 Å². The molecule has 5 aliphatic rings. The largest absolute Gasteiger partial charge is 0.459 e. The van der Waals surface area contributed by atoms with Crippen LogP contribution >= 0.6 is 0 Å². The molecule has 0 aromatic rings. The fourth-order valence-electron chi connectivity index (χ4n) is 7.91. The van der Waals surface area contributed by atoms with Gasteiger partial charge in [-0.2, -0.15) is 0 Å². The lowest BCUT2D eigenvalue weighted by atomic mass is 9.38. The number of hydrogen-bond donors (Lipinski definition) is 3. The fourth-order valence-corrected chi connectivity index (χ4v) is 7.91. The summed E-state index contributed by atoms with van der Waals surface area (Å²) in [6.07, 6.45) is -3.09. The molecular formula is C22H28O9. The van der Waals surface area contributed by atoms with Gasteiger partial charge in [-0.15, -0.1) is 0 Å². The van der Waals surface area contributed by atoms with Gasteiger partial charge in [-0.25, -0.2) is 4.79 Å². The molecule has 31 heavy (non-hydrogen) atoms. The molecule has 2 aliphatic heterocycles. The molecule has 9 heteroatoms. The van der Waals surface area contributed by atoms with Crippen LogP contribution in [0.1, 0.15) is 34.1 Å². The number of ketones is 1. The Morgan fingerprint density at radius 1 is 1.29 bits per heavy atom. The number of ether oxygens (including phenoxy) is 3. The second kappa shape index (κ2) is 6.15. The molecule has 0 radical (unpaired) electrons. The third-order valence-corrected chi connectivity index (χ3v) is 8.92. The first kappa shape index (κ1) is 21.1. The zero-order valence-electron chi connectivity index (χ0n) is 17.9. The molecule has 0 amide bonds. The van der Waals surface area contributed by atoms with E-state index >= 15 is 0 Å². The van der Waals surface area contributed by atoms with Crippen LogP contribution in [0.3, 0.4) is 0 Å². The Labute approximate surface area is 179 Å². The number of aliphatic hydroxyl groups is 3. The van der Waals surface area contributed by atoms with Crippen molar-refractivity contribution >= 4 is 17.7 Å². The van der Waals surface area contributed by atoms with E-state index in [2.05, 4.69) is 0 Å². The van der Waals surface area contributed by atoms with Crippen LogP contribution in [0.15, 0.2) is 11.6 Å². The summed E-state index contributed by atoms with van der Waals surface area (Å²) in [4.78, 5) is 37.4. The molecule has 2 saturated carbocycles. The van der Waals surface area contributed by atoms with Crippen LogP contribution in [0, 0.1) is 34.5 Å². The number of allylic oxidation sites excluding steroid dienone is 1. The number of fused-ring (bicyclic) bond motifs is 1. The molecule has 2 bridgehead atoms. The summed E-state index contributed by atoms with van der Waals surface area (Å²) >= 11 is 0. The Balaban J connectivity index is 1.76. The number of aliphatic hydroxyl groups excluding tert-OH is 2. The van der Waals surface area contributed by atoms with Gasteiger partial charge in [0.25, 0.3) is 0 Å². The average Bonchev–Trinajstić information content (AvgIpc) is 2.97. The number of carbonyl (C=O) groups excluding carboxylic acids is 3. The number of carbonyl (C=O) groups is 3. The average molecular weight is 436 g/mol. The van der Waals surface area contributed by atoms with E-state index in [0.717, 1.165) is 5.57 Å². The summed E-state index contributed by atoms with van der Waals surface area (Å²) in [5, 5.41) is 34.0. The molecule has 9 nitrogen and oxygen atoms in total. The van der Waals surface area contributed by atoms with Crippen molar-refractivity contribution in [3.63, 3.8) is 0 Å². The van der Waals surface area contributed by atoms with E-state index in [0.29, 0.717) is 6.42 Å². The maximum Gasteiger partial charge on any atom is 0.348 e. The van der Waals surface area contributed by atoms with Crippen LogP contribution in [0.25, 0.3) is 0 Å². The van der Waals surface area contributed by atoms with Crippen molar-refractivity contribution in [1.29, 1.82) is 0 Å². The lowest BCUT2D eigenvalue weighted by Gasteiger charge is -2.68. The van der Waals surface area contributed by atoms with Gasteiger partial charge >= 0.3 is 11.9 Å². The molecular weight excluding hydrogens is 408 g/mol. The van der Waals surface area contributed by atoms with Gasteiger partial charge in [0, 0.05) is 29.6 Å². The van der Waals surface area contributed by atoms with Crippen LogP contribution < -0.4 is 0 Å². The van der Waals surface area contributed by atoms with E-state index in [-0.39, 0.29) is 12.5 Å². The van der Waals surface area contributed by atoms with Gasteiger partial charge in [0.1, 0.15) is 18.3 Å². The normalized spacial score (nSPS) is 55.0. The molecule has 0 aromatic heterocycles. The summed E-state index contributed by atoms with van der Waals surface area (Å²) in [5.41, 5.74) is -1.49. The maximum atomic E-state index is 12.9. The number of esters is 2. The van der Waals surface area contributed by atoms with Crippen molar-refractivity contribution in [2.75, 3.05) is 6.61 Å². The van der Waals surface area contributed by atoms with E-state index < -0.39 is 76.5 Å². The number of rotatable bonds is 1. The SMILES string of the molecule is CC(=O)O[C@H]1C(=O)O[C@@H]2C[C@H]3C(C)=CC(=O)[C@@H](O)[C@]3(C)[C@H]3[C@@]4(O)OC[C@]32[C@@H]1[C@@H](C)[C@H]4O. The molecule has 3 N–H and O–H groups in total. The second-order valence-electron chi connectivity index (χ2n) is 10.2. The minimum atomic E-state index is -2.05. The Morgan fingerprint density at radius 2 is 1.97 bits per heavy atom. The summed E-state index contributed by atoms with van der Waals surface area (Å²) in [6, 6.07) is 0. The molecule has 2 saturated heterocycles. The Bertz CT molecular complexity index is 913. The van der Waals surface area contributed by atoms with E-state index in [1.165, 1.54) is 13.0 Å². The van der Waals surface area contributed by atoms with Crippen LogP contribution in [0.5, 0.6) is 0 Å². The highest BCUT2D eigenvalue weighted by Crippen LogP contribution is 2.73. The molecule has 11 atom stereocenters. The Kier molecular flexibility index (Phi) is 4.18. The van der Waals surface area contributed by atoms with Gasteiger partial charge in [-0.05, 0) is 31.3 Å². The zero-order valence-corrected chi connectivity index (χ0v) is 17.9. The third kappa shape index (κ3) is 2.23. The molecule has 2 heterocycles. The highest BCUT2D eigenvalue weighted by atomic mass is 16.7. The van der Waals surface area contributed by atoms with Crippen molar-refractivity contribution in [3.8, 4) is 0 Å². The summed E-state index contributed by atoms with van der Waals surface area (Å²) < 4.78 is 17.1.